The molecule has 1 saturated heterocycles. The summed E-state index contributed by atoms with van der Waals surface area (Å²) < 4.78 is 26.2. The van der Waals surface area contributed by atoms with Gasteiger partial charge < -0.3 is 9.80 Å². The molecule has 1 amide bonds. The van der Waals surface area contributed by atoms with Crippen LogP contribution in [0.3, 0.4) is 0 Å². The fourth-order valence-electron chi connectivity index (χ4n) is 5.79. The Morgan fingerprint density at radius 3 is 2.45 bits per heavy atom. The van der Waals surface area contributed by atoms with Gasteiger partial charge in [-0.1, -0.05) is 19.3 Å². The zero-order valence-corrected chi connectivity index (χ0v) is 20.0. The van der Waals surface area contributed by atoms with Crippen LogP contribution in [0.15, 0.2) is 36.5 Å². The number of rotatable bonds is 4. The Morgan fingerprint density at radius 2 is 1.73 bits per heavy atom. The first-order valence-electron chi connectivity index (χ1n) is 12.0. The highest BCUT2D eigenvalue weighted by Gasteiger charge is 2.45. The maximum absolute atomic E-state index is 13.8. The zero-order chi connectivity index (χ0) is 23.1. The number of anilines is 3. The predicted octanol–water partition coefficient (Wildman–Crippen LogP) is 4.31. The number of carbonyl (C=O) groups is 1. The summed E-state index contributed by atoms with van der Waals surface area (Å²) in [6.45, 7) is 2.61. The van der Waals surface area contributed by atoms with Crippen LogP contribution in [0.2, 0.25) is 0 Å². The first kappa shape index (κ1) is 22.2. The number of amides is 1. The molecule has 0 unspecified atom stereocenters. The number of nitrogens with one attached hydrogen (secondary N) is 1. The lowest BCUT2D eigenvalue weighted by molar-refractivity contribution is 0.0982. The topological polar surface area (TPSA) is 82.6 Å². The summed E-state index contributed by atoms with van der Waals surface area (Å²) in [5, 5.41) is 0. The Labute approximate surface area is 196 Å². The Kier molecular flexibility index (Phi) is 5.80. The second kappa shape index (κ2) is 8.63. The number of nitrogens with zero attached hydrogens (tertiary/aromatic N) is 3. The van der Waals surface area contributed by atoms with Crippen LogP contribution in [-0.4, -0.2) is 45.2 Å². The fraction of sp³-hybridized carbons (Fsp3) is 0.520. The quantitative estimate of drug-likeness (QED) is 0.723. The van der Waals surface area contributed by atoms with E-state index < -0.39 is 10.0 Å². The van der Waals surface area contributed by atoms with Crippen molar-refractivity contribution in [2.45, 2.75) is 56.8 Å². The monoisotopic (exact) mass is 468 g/mol. The Bertz CT molecular complexity index is 1150. The molecule has 33 heavy (non-hydrogen) atoms. The lowest BCUT2D eigenvalue weighted by Gasteiger charge is -2.34. The average Bonchev–Trinajstić information content (AvgIpc) is 3.12. The molecule has 2 fully saturated rings. The van der Waals surface area contributed by atoms with Gasteiger partial charge in [-0.15, -0.1) is 0 Å². The van der Waals surface area contributed by atoms with Gasteiger partial charge in [0.25, 0.3) is 5.91 Å². The van der Waals surface area contributed by atoms with Gasteiger partial charge in [0.1, 0.15) is 5.82 Å². The van der Waals surface area contributed by atoms with Crippen molar-refractivity contribution in [1.82, 2.24) is 4.98 Å². The maximum atomic E-state index is 13.8. The molecule has 1 aromatic carbocycles. The lowest BCUT2D eigenvalue weighted by atomic mass is 9.70. The number of piperidine rings is 1. The molecule has 8 heteroatoms. The van der Waals surface area contributed by atoms with E-state index >= 15 is 0 Å². The van der Waals surface area contributed by atoms with E-state index in [4.69, 9.17) is 0 Å². The van der Waals surface area contributed by atoms with Gasteiger partial charge in [-0.25, -0.2) is 13.4 Å². The van der Waals surface area contributed by atoms with Crippen LogP contribution in [-0.2, 0) is 15.4 Å². The number of carbonyl (C=O) groups excluding carboxylic acids is 1. The van der Waals surface area contributed by atoms with Crippen LogP contribution in [0.4, 0.5) is 17.2 Å². The summed E-state index contributed by atoms with van der Waals surface area (Å²) >= 11 is 0. The summed E-state index contributed by atoms with van der Waals surface area (Å²) in [7, 11) is -3.37. The number of fused-ring (bicyclic) bond motifs is 2. The van der Waals surface area contributed by atoms with Gasteiger partial charge in [0, 0.05) is 48.2 Å². The van der Waals surface area contributed by atoms with Crippen molar-refractivity contribution in [3.63, 3.8) is 0 Å². The Hall–Kier alpha value is -2.61. The molecule has 7 nitrogen and oxygen atoms in total. The van der Waals surface area contributed by atoms with E-state index in [9.17, 15) is 13.2 Å². The third-order valence-corrected chi connectivity index (χ3v) is 7.96. The van der Waals surface area contributed by atoms with Gasteiger partial charge >= 0.3 is 0 Å². The molecule has 0 bridgehead atoms. The number of aromatic nitrogens is 1. The van der Waals surface area contributed by atoms with Gasteiger partial charge in [0.15, 0.2) is 0 Å². The third kappa shape index (κ3) is 4.45. The molecule has 176 valence electrons. The smallest absolute Gasteiger partial charge is 0.258 e. The van der Waals surface area contributed by atoms with Crippen molar-refractivity contribution in [2.75, 3.05) is 40.4 Å². The molecule has 1 saturated carbocycles. The molecule has 3 heterocycles. The highest BCUT2D eigenvalue weighted by molar-refractivity contribution is 7.92. The van der Waals surface area contributed by atoms with Gasteiger partial charge in [0.2, 0.25) is 10.0 Å². The molecule has 2 aromatic rings. The maximum Gasteiger partial charge on any atom is 0.258 e. The first-order chi connectivity index (χ1) is 15.8. The van der Waals surface area contributed by atoms with E-state index in [0.29, 0.717) is 17.8 Å². The molecule has 2 aliphatic heterocycles. The van der Waals surface area contributed by atoms with Gasteiger partial charge in [-0.2, -0.15) is 0 Å². The summed E-state index contributed by atoms with van der Waals surface area (Å²) in [6, 6.07) is 9.34. The van der Waals surface area contributed by atoms with E-state index in [2.05, 4.69) is 14.6 Å². The van der Waals surface area contributed by atoms with Crippen molar-refractivity contribution in [3.8, 4) is 0 Å². The minimum absolute atomic E-state index is 0.0109. The Morgan fingerprint density at radius 1 is 1.00 bits per heavy atom. The minimum atomic E-state index is -3.37. The minimum Gasteiger partial charge on any atom is -0.357 e. The molecule has 0 radical (unpaired) electrons. The number of sulfonamides is 1. The van der Waals surface area contributed by atoms with Crippen LogP contribution in [0.5, 0.6) is 0 Å². The molecule has 1 aromatic heterocycles. The first-order valence-corrected chi connectivity index (χ1v) is 13.9. The van der Waals surface area contributed by atoms with E-state index in [1.165, 1.54) is 12.8 Å². The molecule has 5 rings (SSSR count). The van der Waals surface area contributed by atoms with Crippen molar-refractivity contribution in [3.05, 3.63) is 47.7 Å². The second-order valence-corrected chi connectivity index (χ2v) is 11.5. The number of benzene rings is 1. The van der Waals surface area contributed by atoms with Crippen LogP contribution >= 0.6 is 0 Å². The number of hydrogen-bond acceptors (Lipinski definition) is 5. The van der Waals surface area contributed by atoms with Crippen molar-refractivity contribution in [1.29, 1.82) is 0 Å². The SMILES string of the molecule is CS(=O)(=O)Nc1ccc2c(c1)C1(CCCCC1)CN2C(=O)c1ccnc(N2CCCCC2)c1. The standard InChI is InChI=1S/C25H32N4O3S/c1-33(31,32)27-20-8-9-22-21(17-20)25(11-4-2-5-12-25)18-29(22)24(30)19-10-13-26-23(16-19)28-14-6-3-7-15-28/h8-10,13,16-17,27H,2-7,11-12,14-15,18H2,1H3. The second-order valence-electron chi connectivity index (χ2n) is 9.79. The Balaban J connectivity index is 1.49. The molecule has 1 N–H and O–H groups in total. The summed E-state index contributed by atoms with van der Waals surface area (Å²) in [4.78, 5) is 22.5. The van der Waals surface area contributed by atoms with E-state index in [-0.39, 0.29) is 11.3 Å². The average molecular weight is 469 g/mol. The van der Waals surface area contributed by atoms with Crippen molar-refractivity contribution < 1.29 is 13.2 Å². The van der Waals surface area contributed by atoms with Gasteiger partial charge in [-0.05, 0) is 68.0 Å². The van der Waals surface area contributed by atoms with Crippen molar-refractivity contribution in [2.24, 2.45) is 0 Å². The van der Waals surface area contributed by atoms with E-state index in [1.54, 1.807) is 18.3 Å². The van der Waals surface area contributed by atoms with Crippen LogP contribution in [0.25, 0.3) is 0 Å². The molecular weight excluding hydrogens is 436 g/mol. The lowest BCUT2D eigenvalue weighted by Crippen LogP contribution is -2.38. The highest BCUT2D eigenvalue weighted by Crippen LogP contribution is 2.50. The summed E-state index contributed by atoms with van der Waals surface area (Å²) in [5.41, 5.74) is 3.10. The number of hydrogen-bond donors (Lipinski definition) is 1. The van der Waals surface area contributed by atoms with E-state index in [0.717, 1.165) is 74.9 Å². The van der Waals surface area contributed by atoms with Crippen LogP contribution in [0, 0.1) is 0 Å². The zero-order valence-electron chi connectivity index (χ0n) is 19.2. The number of pyridine rings is 1. The predicted molar refractivity (Wildman–Crippen MR) is 132 cm³/mol. The van der Waals surface area contributed by atoms with Crippen LogP contribution < -0.4 is 14.5 Å². The summed E-state index contributed by atoms with van der Waals surface area (Å²) in [6.07, 6.45) is 12.0. The molecular formula is C25H32N4O3S. The van der Waals surface area contributed by atoms with Gasteiger partial charge in [0.05, 0.1) is 6.26 Å². The molecule has 1 aliphatic carbocycles. The van der Waals surface area contributed by atoms with Crippen molar-refractivity contribution >= 4 is 33.1 Å². The normalized spacial score (nSPS) is 20.0. The summed E-state index contributed by atoms with van der Waals surface area (Å²) in [5.74, 6) is 0.864. The molecule has 3 aliphatic rings. The highest BCUT2D eigenvalue weighted by atomic mass is 32.2. The largest absolute Gasteiger partial charge is 0.357 e. The fourth-order valence-corrected chi connectivity index (χ4v) is 6.34. The molecule has 0 atom stereocenters. The van der Waals surface area contributed by atoms with Gasteiger partial charge in [-0.3, -0.25) is 9.52 Å². The molecule has 1 spiro atoms. The van der Waals surface area contributed by atoms with E-state index in [1.807, 2.05) is 23.1 Å². The van der Waals surface area contributed by atoms with Crippen LogP contribution in [0.1, 0.15) is 67.3 Å². The third-order valence-electron chi connectivity index (χ3n) is 7.35.